The van der Waals surface area contributed by atoms with Gasteiger partial charge in [0.15, 0.2) is 0 Å². The molecule has 0 aromatic carbocycles. The highest BCUT2D eigenvalue weighted by atomic mass is 16.5. The lowest BCUT2D eigenvalue weighted by molar-refractivity contribution is -0.0509. The van der Waals surface area contributed by atoms with Crippen molar-refractivity contribution in [3.8, 4) is 0 Å². The summed E-state index contributed by atoms with van der Waals surface area (Å²) in [6.07, 6.45) is 3.29. The lowest BCUT2D eigenvalue weighted by Crippen LogP contribution is -2.50. The second-order valence-corrected chi connectivity index (χ2v) is 6.42. The summed E-state index contributed by atoms with van der Waals surface area (Å²) in [6, 6.07) is 0.553. The van der Waals surface area contributed by atoms with Crippen LogP contribution in [-0.4, -0.2) is 48.5 Å². The van der Waals surface area contributed by atoms with Crippen molar-refractivity contribution in [3.05, 3.63) is 0 Å². The number of aliphatic hydroxyl groups is 1. The lowest BCUT2D eigenvalue weighted by atomic mass is 9.73. The van der Waals surface area contributed by atoms with Crippen molar-refractivity contribution in [2.75, 3.05) is 26.3 Å². The van der Waals surface area contributed by atoms with E-state index in [0.29, 0.717) is 23.8 Å². The van der Waals surface area contributed by atoms with Gasteiger partial charge in [-0.15, -0.1) is 0 Å². The zero-order valence-electron chi connectivity index (χ0n) is 12.1. The first-order valence-corrected chi connectivity index (χ1v) is 7.61. The number of hydrogen-bond donors (Lipinski definition) is 1. The summed E-state index contributed by atoms with van der Waals surface area (Å²) in [5.41, 5.74) is 0. The third-order valence-corrected chi connectivity index (χ3v) is 4.91. The van der Waals surface area contributed by atoms with Gasteiger partial charge in [0.1, 0.15) is 0 Å². The van der Waals surface area contributed by atoms with Crippen LogP contribution in [0.3, 0.4) is 0 Å². The van der Waals surface area contributed by atoms with E-state index in [4.69, 9.17) is 4.74 Å². The molecule has 1 aliphatic carbocycles. The standard InChI is InChI=1S/C15H29NO2/c1-4-13-10-18-6-5-16(13)9-14-12(3)7-11(2)8-15(14)17/h11-15,17H,4-10H2,1-3H3. The summed E-state index contributed by atoms with van der Waals surface area (Å²) in [5.74, 6) is 1.77. The molecule has 0 aromatic rings. The molecule has 0 aromatic heterocycles. The monoisotopic (exact) mass is 255 g/mol. The zero-order valence-corrected chi connectivity index (χ0v) is 12.1. The molecule has 106 valence electrons. The fourth-order valence-electron chi connectivity index (χ4n) is 3.75. The summed E-state index contributed by atoms with van der Waals surface area (Å²) in [7, 11) is 0. The van der Waals surface area contributed by atoms with Crippen LogP contribution in [0.4, 0.5) is 0 Å². The Hall–Kier alpha value is -0.120. The van der Waals surface area contributed by atoms with Crippen molar-refractivity contribution in [1.82, 2.24) is 4.90 Å². The SMILES string of the molecule is CCC1COCCN1CC1C(C)CC(C)CC1O. The Bertz CT molecular complexity index is 247. The molecule has 0 bridgehead atoms. The number of aliphatic hydroxyl groups excluding tert-OH is 1. The predicted molar refractivity (Wildman–Crippen MR) is 73.5 cm³/mol. The third kappa shape index (κ3) is 3.25. The van der Waals surface area contributed by atoms with Crippen LogP contribution in [0.1, 0.15) is 40.0 Å². The Morgan fingerprint density at radius 2 is 2.06 bits per heavy atom. The van der Waals surface area contributed by atoms with Crippen LogP contribution in [0, 0.1) is 17.8 Å². The Morgan fingerprint density at radius 3 is 2.72 bits per heavy atom. The van der Waals surface area contributed by atoms with E-state index in [-0.39, 0.29) is 6.10 Å². The average Bonchev–Trinajstić information content (AvgIpc) is 2.34. The molecule has 1 heterocycles. The number of morpholine rings is 1. The van der Waals surface area contributed by atoms with Gasteiger partial charge in [0, 0.05) is 25.0 Å². The van der Waals surface area contributed by atoms with Crippen molar-refractivity contribution in [2.45, 2.75) is 52.2 Å². The molecule has 0 radical (unpaired) electrons. The summed E-state index contributed by atoms with van der Waals surface area (Å²) in [6.45, 7) is 10.6. The zero-order chi connectivity index (χ0) is 13.1. The minimum absolute atomic E-state index is 0.107. The van der Waals surface area contributed by atoms with E-state index in [9.17, 15) is 5.11 Å². The average molecular weight is 255 g/mol. The molecule has 1 aliphatic heterocycles. The lowest BCUT2D eigenvalue weighted by Gasteiger charge is -2.43. The molecule has 1 saturated heterocycles. The number of ether oxygens (including phenoxy) is 1. The van der Waals surface area contributed by atoms with Gasteiger partial charge in [-0.1, -0.05) is 20.8 Å². The largest absolute Gasteiger partial charge is 0.393 e. The molecule has 1 N–H and O–H groups in total. The highest BCUT2D eigenvalue weighted by Crippen LogP contribution is 2.34. The summed E-state index contributed by atoms with van der Waals surface area (Å²) in [4.78, 5) is 2.55. The molecule has 18 heavy (non-hydrogen) atoms. The molecular formula is C15H29NO2. The Balaban J connectivity index is 1.94. The van der Waals surface area contributed by atoms with Gasteiger partial charge in [-0.3, -0.25) is 4.90 Å². The Kier molecular flexibility index (Phi) is 5.05. The van der Waals surface area contributed by atoms with Crippen molar-refractivity contribution < 1.29 is 9.84 Å². The quantitative estimate of drug-likeness (QED) is 0.838. The van der Waals surface area contributed by atoms with Crippen LogP contribution < -0.4 is 0 Å². The molecule has 3 heteroatoms. The van der Waals surface area contributed by atoms with Gasteiger partial charge in [0.2, 0.25) is 0 Å². The first-order valence-electron chi connectivity index (χ1n) is 7.61. The molecule has 0 amide bonds. The topological polar surface area (TPSA) is 32.7 Å². The minimum atomic E-state index is -0.107. The minimum Gasteiger partial charge on any atom is -0.393 e. The maximum Gasteiger partial charge on any atom is 0.0622 e. The number of rotatable bonds is 3. The van der Waals surface area contributed by atoms with Gasteiger partial charge in [-0.05, 0) is 31.1 Å². The summed E-state index contributed by atoms with van der Waals surface area (Å²) in [5, 5.41) is 10.3. The molecule has 2 fully saturated rings. The molecule has 1 saturated carbocycles. The van der Waals surface area contributed by atoms with Crippen LogP contribution in [0.25, 0.3) is 0 Å². The van der Waals surface area contributed by atoms with Crippen molar-refractivity contribution in [1.29, 1.82) is 0 Å². The molecular weight excluding hydrogens is 226 g/mol. The van der Waals surface area contributed by atoms with Gasteiger partial charge in [-0.25, -0.2) is 0 Å². The van der Waals surface area contributed by atoms with E-state index in [1.807, 2.05) is 0 Å². The fourth-order valence-corrected chi connectivity index (χ4v) is 3.75. The van der Waals surface area contributed by atoms with E-state index in [1.54, 1.807) is 0 Å². The first kappa shape index (κ1) is 14.3. The van der Waals surface area contributed by atoms with Gasteiger partial charge >= 0.3 is 0 Å². The van der Waals surface area contributed by atoms with Crippen molar-refractivity contribution in [2.24, 2.45) is 17.8 Å². The van der Waals surface area contributed by atoms with E-state index in [1.165, 1.54) is 6.42 Å². The Labute approximate surface area is 112 Å². The van der Waals surface area contributed by atoms with Crippen LogP contribution in [-0.2, 0) is 4.74 Å². The third-order valence-electron chi connectivity index (χ3n) is 4.91. The first-order chi connectivity index (χ1) is 8.61. The number of nitrogens with zero attached hydrogens (tertiary/aromatic N) is 1. The van der Waals surface area contributed by atoms with Gasteiger partial charge in [0.25, 0.3) is 0 Å². The van der Waals surface area contributed by atoms with Crippen LogP contribution in [0.5, 0.6) is 0 Å². The summed E-state index contributed by atoms with van der Waals surface area (Å²) >= 11 is 0. The second-order valence-electron chi connectivity index (χ2n) is 6.42. The highest BCUT2D eigenvalue weighted by Gasteiger charge is 2.35. The van der Waals surface area contributed by atoms with Crippen LogP contribution in [0.2, 0.25) is 0 Å². The van der Waals surface area contributed by atoms with Crippen LogP contribution in [0.15, 0.2) is 0 Å². The number of hydrogen-bond acceptors (Lipinski definition) is 3. The highest BCUT2D eigenvalue weighted by molar-refractivity contribution is 4.87. The van der Waals surface area contributed by atoms with Crippen molar-refractivity contribution >= 4 is 0 Å². The van der Waals surface area contributed by atoms with E-state index in [0.717, 1.165) is 39.1 Å². The van der Waals surface area contributed by atoms with E-state index in [2.05, 4.69) is 25.7 Å². The van der Waals surface area contributed by atoms with E-state index < -0.39 is 0 Å². The summed E-state index contributed by atoms with van der Waals surface area (Å²) < 4.78 is 5.56. The van der Waals surface area contributed by atoms with Crippen molar-refractivity contribution in [3.63, 3.8) is 0 Å². The maximum absolute atomic E-state index is 10.3. The second kappa shape index (κ2) is 6.36. The molecule has 2 aliphatic rings. The normalized spacial score (nSPS) is 43.0. The maximum atomic E-state index is 10.3. The smallest absolute Gasteiger partial charge is 0.0622 e. The predicted octanol–water partition coefficient (Wildman–Crippen LogP) is 2.14. The van der Waals surface area contributed by atoms with E-state index >= 15 is 0 Å². The molecule has 5 unspecified atom stereocenters. The Morgan fingerprint density at radius 1 is 1.28 bits per heavy atom. The van der Waals surface area contributed by atoms with Gasteiger partial charge in [-0.2, -0.15) is 0 Å². The molecule has 5 atom stereocenters. The molecule has 3 nitrogen and oxygen atoms in total. The fraction of sp³-hybridized carbons (Fsp3) is 1.00. The van der Waals surface area contributed by atoms with Gasteiger partial charge in [0.05, 0.1) is 19.3 Å². The molecule has 0 spiro atoms. The van der Waals surface area contributed by atoms with Gasteiger partial charge < -0.3 is 9.84 Å². The molecule has 2 rings (SSSR count). The van der Waals surface area contributed by atoms with Crippen LogP contribution >= 0.6 is 0 Å².